The van der Waals surface area contributed by atoms with E-state index in [-0.39, 0.29) is 21.8 Å². The molecule has 0 unspecified atom stereocenters. The van der Waals surface area contributed by atoms with Gasteiger partial charge in [0.25, 0.3) is 15.9 Å². The van der Waals surface area contributed by atoms with Crippen LogP contribution >= 0.6 is 0 Å². The van der Waals surface area contributed by atoms with Crippen molar-refractivity contribution >= 4 is 27.6 Å². The number of aryl methyl sites for hydroxylation is 1. The van der Waals surface area contributed by atoms with Crippen LogP contribution in [0.25, 0.3) is 11.3 Å². The minimum atomic E-state index is -4.22. The fourth-order valence-corrected chi connectivity index (χ4v) is 5.77. The molecule has 184 valence electrons. The molecule has 3 aromatic rings. The number of carbonyl (C=O) groups excluding carboxylic acids is 1. The first-order valence-corrected chi connectivity index (χ1v) is 13.2. The molecule has 4 rings (SSSR count). The SMILES string of the molecule is CCc1ccc(-c2ccc(C(=O)NS(=O)(=O)c3cccnc3N)c(N3C[C@@H](C)CC3(C)C)n2)cc1. The van der Waals surface area contributed by atoms with Crippen LogP contribution < -0.4 is 15.4 Å². The van der Waals surface area contributed by atoms with Crippen molar-refractivity contribution in [3.05, 3.63) is 65.9 Å². The minimum absolute atomic E-state index is 0.175. The third kappa shape index (κ3) is 5.00. The number of carbonyl (C=O) groups is 1. The lowest BCUT2D eigenvalue weighted by Gasteiger charge is -2.34. The van der Waals surface area contributed by atoms with Crippen LogP contribution in [0.3, 0.4) is 0 Å². The Morgan fingerprint density at radius 3 is 2.49 bits per heavy atom. The van der Waals surface area contributed by atoms with E-state index < -0.39 is 15.9 Å². The monoisotopic (exact) mass is 493 g/mol. The lowest BCUT2D eigenvalue weighted by atomic mass is 9.97. The topological polar surface area (TPSA) is 118 Å². The average molecular weight is 494 g/mol. The average Bonchev–Trinajstić information content (AvgIpc) is 3.10. The Morgan fingerprint density at radius 2 is 1.89 bits per heavy atom. The summed E-state index contributed by atoms with van der Waals surface area (Å²) in [6.07, 6.45) is 3.25. The van der Waals surface area contributed by atoms with E-state index in [4.69, 9.17) is 10.7 Å². The molecule has 3 N–H and O–H groups in total. The van der Waals surface area contributed by atoms with Gasteiger partial charge in [0, 0.05) is 23.8 Å². The molecular weight excluding hydrogens is 462 g/mol. The van der Waals surface area contributed by atoms with Gasteiger partial charge in [-0.3, -0.25) is 4.79 Å². The largest absolute Gasteiger partial charge is 0.383 e. The zero-order valence-electron chi connectivity index (χ0n) is 20.4. The van der Waals surface area contributed by atoms with E-state index >= 15 is 0 Å². The van der Waals surface area contributed by atoms with Crippen molar-refractivity contribution < 1.29 is 13.2 Å². The first-order valence-electron chi connectivity index (χ1n) is 11.7. The normalized spacial score (nSPS) is 17.4. The van der Waals surface area contributed by atoms with Crippen LogP contribution in [-0.2, 0) is 16.4 Å². The first kappa shape index (κ1) is 24.7. The van der Waals surface area contributed by atoms with E-state index in [1.165, 1.54) is 23.9 Å². The number of pyridine rings is 2. The quantitative estimate of drug-likeness (QED) is 0.532. The minimum Gasteiger partial charge on any atom is -0.383 e. The Kier molecular flexibility index (Phi) is 6.55. The van der Waals surface area contributed by atoms with E-state index in [0.29, 0.717) is 24.0 Å². The number of hydrogen-bond donors (Lipinski definition) is 2. The Balaban J connectivity index is 1.77. The van der Waals surface area contributed by atoms with Crippen molar-refractivity contribution in [3.8, 4) is 11.3 Å². The Morgan fingerprint density at radius 1 is 1.17 bits per heavy atom. The van der Waals surface area contributed by atoms with Crippen LogP contribution in [0.2, 0.25) is 0 Å². The number of anilines is 2. The van der Waals surface area contributed by atoms with Gasteiger partial charge < -0.3 is 10.6 Å². The predicted molar refractivity (Wildman–Crippen MR) is 138 cm³/mol. The molecule has 8 nitrogen and oxygen atoms in total. The molecule has 1 aliphatic heterocycles. The van der Waals surface area contributed by atoms with Crippen molar-refractivity contribution in [1.82, 2.24) is 14.7 Å². The standard InChI is InChI=1S/C26H31N5O3S/c1-5-18-8-10-19(11-9-18)21-13-12-20(24(29-21)31-16-17(2)15-26(31,3)4)25(32)30-35(33,34)22-7-6-14-28-23(22)27/h6-14,17H,5,15-16H2,1-4H3,(H2,27,28)(H,30,32)/t17-/m0/s1. The fourth-order valence-electron chi connectivity index (χ4n) is 4.72. The third-order valence-electron chi connectivity index (χ3n) is 6.42. The van der Waals surface area contributed by atoms with E-state index in [1.807, 2.05) is 12.1 Å². The van der Waals surface area contributed by atoms with E-state index in [9.17, 15) is 13.2 Å². The van der Waals surface area contributed by atoms with Gasteiger partial charge in [0.1, 0.15) is 16.5 Å². The maximum Gasteiger partial charge on any atom is 0.268 e. The Hall–Kier alpha value is -3.46. The molecule has 1 saturated heterocycles. The molecule has 1 aliphatic rings. The summed E-state index contributed by atoms with van der Waals surface area (Å²) in [5.41, 5.74) is 8.55. The van der Waals surface area contributed by atoms with Crippen LogP contribution in [0.5, 0.6) is 0 Å². The fraction of sp³-hybridized carbons (Fsp3) is 0.346. The number of benzene rings is 1. The highest BCUT2D eigenvalue weighted by Gasteiger charge is 2.39. The molecule has 1 amide bonds. The molecule has 3 heterocycles. The van der Waals surface area contributed by atoms with Gasteiger partial charge in [0.15, 0.2) is 0 Å². The van der Waals surface area contributed by atoms with Crippen LogP contribution in [0.4, 0.5) is 11.6 Å². The Bertz CT molecular complexity index is 1350. The molecule has 0 spiro atoms. The molecule has 0 bridgehead atoms. The molecule has 0 saturated carbocycles. The number of nitrogen functional groups attached to an aromatic ring is 1. The van der Waals surface area contributed by atoms with E-state index in [2.05, 4.69) is 54.4 Å². The molecular formula is C26H31N5O3S. The summed E-state index contributed by atoms with van der Waals surface area (Å²) < 4.78 is 28.0. The molecule has 1 atom stereocenters. The van der Waals surface area contributed by atoms with Gasteiger partial charge in [0.05, 0.1) is 11.3 Å². The first-order chi connectivity index (χ1) is 16.5. The van der Waals surface area contributed by atoms with Gasteiger partial charge in [0.2, 0.25) is 0 Å². The summed E-state index contributed by atoms with van der Waals surface area (Å²) in [5, 5.41) is 0. The number of amides is 1. The molecule has 9 heteroatoms. The Labute approximate surface area is 206 Å². The zero-order valence-corrected chi connectivity index (χ0v) is 21.3. The van der Waals surface area contributed by atoms with Crippen LogP contribution in [0, 0.1) is 5.92 Å². The second-order valence-electron chi connectivity index (χ2n) is 9.67. The van der Waals surface area contributed by atoms with Crippen molar-refractivity contribution in [2.24, 2.45) is 5.92 Å². The van der Waals surface area contributed by atoms with E-state index in [1.54, 1.807) is 12.1 Å². The van der Waals surface area contributed by atoms with Gasteiger partial charge in [-0.05, 0) is 62.4 Å². The molecule has 1 fully saturated rings. The van der Waals surface area contributed by atoms with Gasteiger partial charge in [-0.1, -0.05) is 38.1 Å². The number of nitrogens with one attached hydrogen (secondary N) is 1. The highest BCUT2D eigenvalue weighted by Crippen LogP contribution is 2.38. The van der Waals surface area contributed by atoms with Crippen molar-refractivity contribution in [1.29, 1.82) is 0 Å². The summed E-state index contributed by atoms with van der Waals surface area (Å²) in [5.74, 6) is -0.0806. The zero-order chi connectivity index (χ0) is 25.4. The molecule has 35 heavy (non-hydrogen) atoms. The molecule has 2 aromatic heterocycles. The van der Waals surface area contributed by atoms with Crippen LogP contribution in [0.15, 0.2) is 59.6 Å². The van der Waals surface area contributed by atoms with Crippen molar-refractivity contribution in [2.45, 2.75) is 51.0 Å². The van der Waals surface area contributed by atoms with Gasteiger partial charge >= 0.3 is 0 Å². The molecule has 0 aliphatic carbocycles. The van der Waals surface area contributed by atoms with Crippen LogP contribution in [-0.4, -0.2) is 36.4 Å². The second kappa shape index (κ2) is 9.30. The van der Waals surface area contributed by atoms with Gasteiger partial charge in [-0.2, -0.15) is 0 Å². The predicted octanol–water partition coefficient (Wildman–Crippen LogP) is 4.03. The summed E-state index contributed by atoms with van der Waals surface area (Å²) in [7, 11) is -4.22. The van der Waals surface area contributed by atoms with Crippen molar-refractivity contribution in [3.63, 3.8) is 0 Å². The number of aromatic nitrogens is 2. The number of hydrogen-bond acceptors (Lipinski definition) is 7. The highest BCUT2D eigenvalue weighted by molar-refractivity contribution is 7.90. The van der Waals surface area contributed by atoms with E-state index in [0.717, 1.165) is 18.4 Å². The summed E-state index contributed by atoms with van der Waals surface area (Å²) >= 11 is 0. The molecule has 0 radical (unpaired) electrons. The smallest absolute Gasteiger partial charge is 0.268 e. The van der Waals surface area contributed by atoms with Gasteiger partial charge in [-0.15, -0.1) is 0 Å². The second-order valence-corrected chi connectivity index (χ2v) is 11.3. The number of nitrogens with zero attached hydrogens (tertiary/aromatic N) is 3. The summed E-state index contributed by atoms with van der Waals surface area (Å²) in [4.78, 5) is 23.9. The summed E-state index contributed by atoms with van der Waals surface area (Å²) in [6, 6.07) is 14.3. The third-order valence-corrected chi connectivity index (χ3v) is 7.80. The molecule has 1 aromatic carbocycles. The van der Waals surface area contributed by atoms with Crippen LogP contribution in [0.1, 0.15) is 50.0 Å². The van der Waals surface area contributed by atoms with Crippen molar-refractivity contribution in [2.75, 3.05) is 17.2 Å². The summed E-state index contributed by atoms with van der Waals surface area (Å²) in [6.45, 7) is 9.18. The number of nitrogens with two attached hydrogens (primary N) is 1. The number of sulfonamides is 1. The highest BCUT2D eigenvalue weighted by atomic mass is 32.2. The maximum atomic E-state index is 13.3. The lowest BCUT2D eigenvalue weighted by Crippen LogP contribution is -2.41. The van der Waals surface area contributed by atoms with Gasteiger partial charge in [-0.25, -0.2) is 23.1 Å². The lowest BCUT2D eigenvalue weighted by molar-refractivity contribution is 0.0981. The number of rotatable bonds is 6. The maximum absolute atomic E-state index is 13.3.